The van der Waals surface area contributed by atoms with Crippen molar-refractivity contribution in [1.29, 1.82) is 0 Å². The molecule has 1 N–H and O–H groups in total. The number of hydrogen-bond acceptors (Lipinski definition) is 1. The maximum absolute atomic E-state index is 11.0. The molecular formula is C12H23NO. The highest BCUT2D eigenvalue weighted by molar-refractivity contribution is 5.73. The molecule has 0 radical (unpaired) electrons. The van der Waals surface area contributed by atoms with Gasteiger partial charge < -0.3 is 5.32 Å². The van der Waals surface area contributed by atoms with E-state index >= 15 is 0 Å². The molecule has 0 spiro atoms. The van der Waals surface area contributed by atoms with Gasteiger partial charge in [0.05, 0.1) is 0 Å². The Labute approximate surface area is 87.5 Å². The van der Waals surface area contributed by atoms with Crippen LogP contribution in [0.25, 0.3) is 0 Å². The molecule has 0 aromatic carbocycles. The largest absolute Gasteiger partial charge is 0.354 e. The standard InChI is InChI=1S/C12H23NO/c1-7-12(6)10(11(12,4)5)8(2)13-9(3)14/h8,10H,7H2,1-6H3,(H,13,14)/t8-,10?,12?/m1/s1. The Morgan fingerprint density at radius 1 is 1.43 bits per heavy atom. The lowest BCUT2D eigenvalue weighted by Gasteiger charge is -2.15. The van der Waals surface area contributed by atoms with Gasteiger partial charge in [-0.15, -0.1) is 0 Å². The van der Waals surface area contributed by atoms with Crippen LogP contribution in [0, 0.1) is 16.7 Å². The predicted molar refractivity (Wildman–Crippen MR) is 58.9 cm³/mol. The van der Waals surface area contributed by atoms with Gasteiger partial charge in [0.2, 0.25) is 5.91 Å². The maximum Gasteiger partial charge on any atom is 0.217 e. The smallest absolute Gasteiger partial charge is 0.217 e. The van der Waals surface area contributed by atoms with Crippen LogP contribution in [-0.4, -0.2) is 11.9 Å². The first kappa shape index (κ1) is 11.5. The summed E-state index contributed by atoms with van der Waals surface area (Å²) in [4.78, 5) is 11.0. The van der Waals surface area contributed by atoms with Crippen molar-refractivity contribution in [1.82, 2.24) is 5.32 Å². The molecule has 1 rings (SSSR count). The number of carbonyl (C=O) groups excluding carboxylic acids is 1. The SMILES string of the molecule is CCC1(C)C([C@@H](C)NC(C)=O)C1(C)C. The molecule has 0 aliphatic heterocycles. The lowest BCUT2D eigenvalue weighted by molar-refractivity contribution is -0.119. The molecule has 2 unspecified atom stereocenters. The van der Waals surface area contributed by atoms with Gasteiger partial charge in [-0.2, -0.15) is 0 Å². The second kappa shape index (κ2) is 3.25. The fourth-order valence-corrected chi connectivity index (χ4v) is 3.37. The van der Waals surface area contributed by atoms with Gasteiger partial charge in [0.25, 0.3) is 0 Å². The van der Waals surface area contributed by atoms with Crippen LogP contribution >= 0.6 is 0 Å². The van der Waals surface area contributed by atoms with Crippen LogP contribution in [0.5, 0.6) is 0 Å². The minimum Gasteiger partial charge on any atom is -0.354 e. The van der Waals surface area contributed by atoms with E-state index in [1.165, 1.54) is 6.42 Å². The molecule has 2 nitrogen and oxygen atoms in total. The van der Waals surface area contributed by atoms with Gasteiger partial charge in [0, 0.05) is 13.0 Å². The summed E-state index contributed by atoms with van der Waals surface area (Å²) >= 11 is 0. The molecule has 1 aliphatic rings. The van der Waals surface area contributed by atoms with E-state index in [0.717, 1.165) is 0 Å². The Hall–Kier alpha value is -0.530. The number of amides is 1. The van der Waals surface area contributed by atoms with Crippen LogP contribution in [0.2, 0.25) is 0 Å². The molecule has 0 aromatic rings. The van der Waals surface area contributed by atoms with E-state index in [2.05, 4.69) is 39.9 Å². The number of nitrogens with one attached hydrogen (secondary N) is 1. The third-order valence-electron chi connectivity index (χ3n) is 4.52. The summed E-state index contributed by atoms with van der Waals surface area (Å²) in [5.74, 6) is 0.697. The average molecular weight is 197 g/mol. The third-order valence-corrected chi connectivity index (χ3v) is 4.52. The molecular weight excluding hydrogens is 174 g/mol. The number of carbonyl (C=O) groups is 1. The first-order valence-electron chi connectivity index (χ1n) is 5.54. The van der Waals surface area contributed by atoms with Crippen molar-refractivity contribution in [3.05, 3.63) is 0 Å². The fraction of sp³-hybridized carbons (Fsp3) is 0.917. The van der Waals surface area contributed by atoms with Gasteiger partial charge in [0.15, 0.2) is 0 Å². The minimum absolute atomic E-state index is 0.0821. The Kier molecular flexibility index (Phi) is 2.68. The minimum atomic E-state index is 0.0821. The zero-order chi connectivity index (χ0) is 11.1. The van der Waals surface area contributed by atoms with Gasteiger partial charge in [-0.05, 0) is 30.1 Å². The Balaban J connectivity index is 2.68. The topological polar surface area (TPSA) is 29.1 Å². The summed E-state index contributed by atoms with van der Waals surface area (Å²) in [6, 6.07) is 0.299. The summed E-state index contributed by atoms with van der Waals surface area (Å²) in [7, 11) is 0. The summed E-state index contributed by atoms with van der Waals surface area (Å²) < 4.78 is 0. The summed E-state index contributed by atoms with van der Waals surface area (Å²) in [5.41, 5.74) is 0.762. The van der Waals surface area contributed by atoms with E-state index in [4.69, 9.17) is 0 Å². The molecule has 0 heterocycles. The van der Waals surface area contributed by atoms with Gasteiger partial charge in [-0.3, -0.25) is 4.79 Å². The fourth-order valence-electron chi connectivity index (χ4n) is 3.37. The van der Waals surface area contributed by atoms with Crippen LogP contribution in [0.3, 0.4) is 0 Å². The number of hydrogen-bond donors (Lipinski definition) is 1. The van der Waals surface area contributed by atoms with Gasteiger partial charge in [-0.1, -0.05) is 27.7 Å². The lowest BCUT2D eigenvalue weighted by atomic mass is 9.95. The molecule has 1 aliphatic carbocycles. The molecule has 1 fully saturated rings. The Morgan fingerprint density at radius 3 is 2.21 bits per heavy atom. The summed E-state index contributed by atoms with van der Waals surface area (Å²) in [5, 5.41) is 3.01. The average Bonchev–Trinajstić information content (AvgIpc) is 2.45. The van der Waals surface area contributed by atoms with Crippen molar-refractivity contribution in [3.63, 3.8) is 0 Å². The normalized spacial score (nSPS) is 36.3. The van der Waals surface area contributed by atoms with Crippen LogP contribution in [0.15, 0.2) is 0 Å². The van der Waals surface area contributed by atoms with E-state index in [-0.39, 0.29) is 5.91 Å². The van der Waals surface area contributed by atoms with Crippen molar-refractivity contribution in [2.75, 3.05) is 0 Å². The molecule has 3 atom stereocenters. The van der Waals surface area contributed by atoms with E-state index in [1.54, 1.807) is 6.92 Å². The van der Waals surface area contributed by atoms with Crippen molar-refractivity contribution >= 4 is 5.91 Å². The van der Waals surface area contributed by atoms with Gasteiger partial charge >= 0.3 is 0 Å². The first-order chi connectivity index (χ1) is 6.27. The second-order valence-electron chi connectivity index (χ2n) is 5.46. The number of rotatable bonds is 3. The summed E-state index contributed by atoms with van der Waals surface area (Å²) in [6.07, 6.45) is 1.19. The van der Waals surface area contributed by atoms with E-state index < -0.39 is 0 Å². The van der Waals surface area contributed by atoms with Crippen LogP contribution in [0.1, 0.15) is 48.0 Å². The highest BCUT2D eigenvalue weighted by Gasteiger charge is 2.68. The molecule has 1 saturated carbocycles. The highest BCUT2D eigenvalue weighted by Crippen LogP contribution is 2.71. The van der Waals surface area contributed by atoms with Crippen LogP contribution < -0.4 is 5.32 Å². The molecule has 82 valence electrons. The van der Waals surface area contributed by atoms with Gasteiger partial charge in [-0.25, -0.2) is 0 Å². The van der Waals surface area contributed by atoms with E-state index in [0.29, 0.717) is 22.8 Å². The molecule has 1 amide bonds. The highest BCUT2D eigenvalue weighted by atomic mass is 16.1. The molecule has 2 heteroatoms. The van der Waals surface area contributed by atoms with Crippen LogP contribution in [-0.2, 0) is 4.79 Å². The predicted octanol–water partition coefficient (Wildman–Crippen LogP) is 2.58. The Morgan fingerprint density at radius 2 is 1.93 bits per heavy atom. The zero-order valence-electron chi connectivity index (χ0n) is 10.3. The second-order valence-corrected chi connectivity index (χ2v) is 5.46. The first-order valence-corrected chi connectivity index (χ1v) is 5.54. The molecule has 0 bridgehead atoms. The van der Waals surface area contributed by atoms with Crippen LogP contribution in [0.4, 0.5) is 0 Å². The quantitative estimate of drug-likeness (QED) is 0.740. The van der Waals surface area contributed by atoms with Crippen molar-refractivity contribution in [3.8, 4) is 0 Å². The van der Waals surface area contributed by atoms with Gasteiger partial charge in [0.1, 0.15) is 0 Å². The molecule has 0 aromatic heterocycles. The van der Waals surface area contributed by atoms with E-state index in [1.807, 2.05) is 0 Å². The molecule has 14 heavy (non-hydrogen) atoms. The monoisotopic (exact) mass is 197 g/mol. The Bertz CT molecular complexity index is 247. The maximum atomic E-state index is 11.0. The van der Waals surface area contributed by atoms with Crippen molar-refractivity contribution < 1.29 is 4.79 Å². The zero-order valence-corrected chi connectivity index (χ0v) is 10.3. The van der Waals surface area contributed by atoms with Crippen molar-refractivity contribution in [2.45, 2.75) is 54.0 Å². The third kappa shape index (κ3) is 1.45. The molecule has 0 saturated heterocycles. The van der Waals surface area contributed by atoms with E-state index in [9.17, 15) is 4.79 Å². The van der Waals surface area contributed by atoms with Crippen molar-refractivity contribution in [2.24, 2.45) is 16.7 Å². The summed E-state index contributed by atoms with van der Waals surface area (Å²) in [6.45, 7) is 12.9. The lowest BCUT2D eigenvalue weighted by Crippen LogP contribution is -2.34.